The third-order valence-electron chi connectivity index (χ3n) is 3.99. The monoisotopic (exact) mass is 380 g/mol. The van der Waals surface area contributed by atoms with Crippen LogP contribution < -0.4 is 0 Å². The molecule has 0 radical (unpaired) electrons. The molecule has 0 fully saturated rings. The Balaban J connectivity index is 1.88. The Morgan fingerprint density at radius 1 is 0.917 bits per heavy atom. The minimum absolute atomic E-state index is 0.242. The van der Waals surface area contributed by atoms with E-state index >= 15 is 0 Å². The standard InChI is InChI=1S/C20H14BrFN2/c21-16-5-3-4-14(12-16)13-24-19-7-2-1-6-18(19)23-20(24)15-8-10-17(22)11-9-15/h1-12H,13H2. The van der Waals surface area contributed by atoms with Gasteiger partial charge in [0.2, 0.25) is 0 Å². The van der Waals surface area contributed by atoms with E-state index in [0.29, 0.717) is 6.54 Å². The Labute approximate surface area is 147 Å². The first-order valence-electron chi connectivity index (χ1n) is 7.66. The molecule has 4 rings (SSSR count). The summed E-state index contributed by atoms with van der Waals surface area (Å²) in [6.07, 6.45) is 0. The number of halogens is 2. The fraction of sp³-hybridized carbons (Fsp3) is 0.0500. The highest BCUT2D eigenvalue weighted by Gasteiger charge is 2.13. The predicted molar refractivity (Wildman–Crippen MR) is 98.4 cm³/mol. The van der Waals surface area contributed by atoms with Gasteiger partial charge in [-0.1, -0.05) is 40.2 Å². The van der Waals surface area contributed by atoms with Gasteiger partial charge in [-0.15, -0.1) is 0 Å². The second kappa shape index (κ2) is 6.21. The van der Waals surface area contributed by atoms with E-state index < -0.39 is 0 Å². The highest BCUT2D eigenvalue weighted by Crippen LogP contribution is 2.26. The fourth-order valence-electron chi connectivity index (χ4n) is 2.87. The Kier molecular flexibility index (Phi) is 3.90. The first-order chi connectivity index (χ1) is 11.7. The van der Waals surface area contributed by atoms with Gasteiger partial charge < -0.3 is 4.57 Å². The highest BCUT2D eigenvalue weighted by molar-refractivity contribution is 9.10. The van der Waals surface area contributed by atoms with Gasteiger partial charge in [0.05, 0.1) is 11.0 Å². The number of para-hydroxylation sites is 2. The van der Waals surface area contributed by atoms with E-state index in [0.717, 1.165) is 26.9 Å². The van der Waals surface area contributed by atoms with Gasteiger partial charge in [-0.2, -0.15) is 0 Å². The van der Waals surface area contributed by atoms with Crippen molar-refractivity contribution in [3.63, 3.8) is 0 Å². The summed E-state index contributed by atoms with van der Waals surface area (Å²) in [7, 11) is 0. The Morgan fingerprint density at radius 3 is 2.50 bits per heavy atom. The van der Waals surface area contributed by atoms with Gasteiger partial charge in [0.1, 0.15) is 11.6 Å². The van der Waals surface area contributed by atoms with Crippen molar-refractivity contribution >= 4 is 27.0 Å². The number of aromatic nitrogens is 2. The topological polar surface area (TPSA) is 17.8 Å². The van der Waals surface area contributed by atoms with Crippen LogP contribution in [-0.4, -0.2) is 9.55 Å². The normalized spacial score (nSPS) is 11.1. The smallest absolute Gasteiger partial charge is 0.141 e. The molecule has 0 N–H and O–H groups in total. The maximum absolute atomic E-state index is 13.3. The molecule has 0 aliphatic carbocycles. The minimum Gasteiger partial charge on any atom is -0.319 e. The average Bonchev–Trinajstić information content (AvgIpc) is 2.94. The summed E-state index contributed by atoms with van der Waals surface area (Å²) in [5.41, 5.74) is 4.09. The molecule has 0 spiro atoms. The average molecular weight is 381 g/mol. The summed E-state index contributed by atoms with van der Waals surface area (Å²) in [4.78, 5) is 4.76. The van der Waals surface area contributed by atoms with Crippen LogP contribution >= 0.6 is 15.9 Å². The molecule has 2 nitrogen and oxygen atoms in total. The van der Waals surface area contributed by atoms with Crippen molar-refractivity contribution in [3.8, 4) is 11.4 Å². The van der Waals surface area contributed by atoms with Crippen LogP contribution in [0.5, 0.6) is 0 Å². The first-order valence-corrected chi connectivity index (χ1v) is 8.46. The molecular weight excluding hydrogens is 367 g/mol. The van der Waals surface area contributed by atoms with Crippen LogP contribution in [0.3, 0.4) is 0 Å². The lowest BCUT2D eigenvalue weighted by Crippen LogP contribution is -2.02. The van der Waals surface area contributed by atoms with E-state index in [4.69, 9.17) is 4.98 Å². The third-order valence-corrected chi connectivity index (χ3v) is 4.48. The molecule has 4 aromatic rings. The highest BCUT2D eigenvalue weighted by atomic mass is 79.9. The van der Waals surface area contributed by atoms with Crippen LogP contribution in [0.4, 0.5) is 4.39 Å². The minimum atomic E-state index is -0.242. The van der Waals surface area contributed by atoms with Crippen molar-refractivity contribution in [2.24, 2.45) is 0 Å². The van der Waals surface area contributed by atoms with Gasteiger partial charge in [-0.3, -0.25) is 0 Å². The van der Waals surface area contributed by atoms with Gasteiger partial charge in [-0.05, 0) is 54.1 Å². The summed E-state index contributed by atoms with van der Waals surface area (Å²) < 4.78 is 16.5. The van der Waals surface area contributed by atoms with Crippen molar-refractivity contribution in [3.05, 3.63) is 88.6 Å². The van der Waals surface area contributed by atoms with E-state index in [-0.39, 0.29) is 5.82 Å². The van der Waals surface area contributed by atoms with E-state index in [1.807, 2.05) is 30.3 Å². The van der Waals surface area contributed by atoms with Gasteiger partial charge >= 0.3 is 0 Å². The zero-order valence-electron chi connectivity index (χ0n) is 12.8. The van der Waals surface area contributed by atoms with Gasteiger partial charge in [0.25, 0.3) is 0 Å². The number of fused-ring (bicyclic) bond motifs is 1. The third kappa shape index (κ3) is 2.85. The second-order valence-corrected chi connectivity index (χ2v) is 6.56. The van der Waals surface area contributed by atoms with Gasteiger partial charge in [0, 0.05) is 16.6 Å². The number of nitrogens with zero attached hydrogens (tertiary/aromatic N) is 2. The molecule has 1 heterocycles. The molecule has 24 heavy (non-hydrogen) atoms. The molecule has 0 amide bonds. The van der Waals surface area contributed by atoms with Crippen LogP contribution in [0.25, 0.3) is 22.4 Å². The van der Waals surface area contributed by atoms with E-state index in [2.05, 4.69) is 38.7 Å². The molecule has 118 valence electrons. The SMILES string of the molecule is Fc1ccc(-c2nc3ccccc3n2Cc2cccc(Br)c2)cc1. The number of hydrogen-bond donors (Lipinski definition) is 0. The number of benzene rings is 3. The zero-order chi connectivity index (χ0) is 16.5. The van der Waals surface area contributed by atoms with Crippen molar-refractivity contribution in [1.29, 1.82) is 0 Å². The summed E-state index contributed by atoms with van der Waals surface area (Å²) in [6, 6.07) is 22.8. The quantitative estimate of drug-likeness (QED) is 0.448. The molecule has 1 aromatic heterocycles. The number of imidazole rings is 1. The van der Waals surface area contributed by atoms with Crippen LogP contribution in [-0.2, 0) is 6.54 Å². The molecule has 0 atom stereocenters. The van der Waals surface area contributed by atoms with Crippen LogP contribution in [0.1, 0.15) is 5.56 Å². The largest absolute Gasteiger partial charge is 0.319 e. The van der Waals surface area contributed by atoms with E-state index in [1.165, 1.54) is 17.7 Å². The lowest BCUT2D eigenvalue weighted by Gasteiger charge is -2.10. The lowest BCUT2D eigenvalue weighted by molar-refractivity contribution is 0.628. The van der Waals surface area contributed by atoms with Crippen LogP contribution in [0.2, 0.25) is 0 Å². The Hall–Kier alpha value is -2.46. The number of hydrogen-bond acceptors (Lipinski definition) is 1. The molecule has 0 saturated carbocycles. The molecule has 0 aliphatic heterocycles. The van der Waals surface area contributed by atoms with Crippen LogP contribution in [0.15, 0.2) is 77.3 Å². The molecule has 3 aromatic carbocycles. The summed E-state index contributed by atoms with van der Waals surface area (Å²) in [5.74, 6) is 0.601. The van der Waals surface area contributed by atoms with Crippen molar-refractivity contribution in [1.82, 2.24) is 9.55 Å². The summed E-state index contributed by atoms with van der Waals surface area (Å²) in [6.45, 7) is 0.701. The molecule has 0 saturated heterocycles. The van der Waals surface area contributed by atoms with Crippen molar-refractivity contribution in [2.45, 2.75) is 6.54 Å². The van der Waals surface area contributed by atoms with E-state index in [9.17, 15) is 4.39 Å². The molecule has 0 bridgehead atoms. The Morgan fingerprint density at radius 2 is 1.71 bits per heavy atom. The Bertz CT molecular complexity index is 1010. The second-order valence-electron chi connectivity index (χ2n) is 5.65. The van der Waals surface area contributed by atoms with Crippen LogP contribution in [0, 0.1) is 5.82 Å². The maximum atomic E-state index is 13.3. The molecule has 0 aliphatic rings. The lowest BCUT2D eigenvalue weighted by atomic mass is 10.2. The predicted octanol–water partition coefficient (Wildman–Crippen LogP) is 5.65. The van der Waals surface area contributed by atoms with Gasteiger partial charge in [-0.25, -0.2) is 9.37 Å². The maximum Gasteiger partial charge on any atom is 0.141 e. The summed E-state index contributed by atoms with van der Waals surface area (Å²) >= 11 is 3.52. The fourth-order valence-corrected chi connectivity index (χ4v) is 3.32. The van der Waals surface area contributed by atoms with Crippen molar-refractivity contribution in [2.75, 3.05) is 0 Å². The van der Waals surface area contributed by atoms with Gasteiger partial charge in [0.15, 0.2) is 0 Å². The molecule has 4 heteroatoms. The van der Waals surface area contributed by atoms with Crippen molar-refractivity contribution < 1.29 is 4.39 Å². The zero-order valence-corrected chi connectivity index (χ0v) is 14.4. The number of rotatable bonds is 3. The molecule has 0 unspecified atom stereocenters. The first kappa shape index (κ1) is 15.1. The summed E-state index contributed by atoms with van der Waals surface area (Å²) in [5, 5.41) is 0. The molecular formula is C20H14BrFN2. The van der Waals surface area contributed by atoms with E-state index in [1.54, 1.807) is 12.1 Å².